The fourth-order valence-electron chi connectivity index (χ4n) is 2.79. The lowest BCUT2D eigenvalue weighted by atomic mass is 10.1. The molecule has 0 aliphatic rings. The molecule has 1 aromatic heterocycles. The molecule has 0 fully saturated rings. The lowest BCUT2D eigenvalue weighted by Crippen LogP contribution is -2.19. The second-order valence-electron chi connectivity index (χ2n) is 6.05. The zero-order chi connectivity index (χ0) is 17.3. The van der Waals surface area contributed by atoms with E-state index < -0.39 is 0 Å². The van der Waals surface area contributed by atoms with Crippen molar-refractivity contribution in [3.63, 3.8) is 0 Å². The van der Waals surface area contributed by atoms with Crippen molar-refractivity contribution in [2.75, 3.05) is 6.54 Å². The van der Waals surface area contributed by atoms with Crippen LogP contribution in [-0.2, 0) is 19.5 Å². The predicted molar refractivity (Wildman–Crippen MR) is 99.0 cm³/mol. The summed E-state index contributed by atoms with van der Waals surface area (Å²) in [5.41, 5.74) is 3.24. The maximum Gasteiger partial charge on any atom is 0.122 e. The molecular formula is C21H22N4. The first-order valence-electron chi connectivity index (χ1n) is 8.59. The Morgan fingerprint density at radius 3 is 2.56 bits per heavy atom. The number of imidazole rings is 1. The van der Waals surface area contributed by atoms with Crippen molar-refractivity contribution in [1.82, 2.24) is 14.9 Å². The van der Waals surface area contributed by atoms with Crippen molar-refractivity contribution < 1.29 is 0 Å². The lowest BCUT2D eigenvalue weighted by molar-refractivity contribution is 0.602. The van der Waals surface area contributed by atoms with Gasteiger partial charge < -0.3 is 9.88 Å². The normalized spacial score (nSPS) is 10.5. The van der Waals surface area contributed by atoms with Gasteiger partial charge >= 0.3 is 0 Å². The van der Waals surface area contributed by atoms with Crippen molar-refractivity contribution in [2.45, 2.75) is 25.9 Å². The summed E-state index contributed by atoms with van der Waals surface area (Å²) >= 11 is 0. The highest BCUT2D eigenvalue weighted by atomic mass is 15.1. The third-order valence-corrected chi connectivity index (χ3v) is 4.18. The van der Waals surface area contributed by atoms with Gasteiger partial charge in [-0.1, -0.05) is 42.5 Å². The number of rotatable bonds is 8. The first-order valence-corrected chi connectivity index (χ1v) is 8.59. The first-order chi connectivity index (χ1) is 12.3. The minimum absolute atomic E-state index is 0.690. The molecule has 2 aromatic carbocycles. The van der Waals surface area contributed by atoms with E-state index in [-0.39, 0.29) is 0 Å². The van der Waals surface area contributed by atoms with Crippen LogP contribution in [0.4, 0.5) is 0 Å². The second-order valence-corrected chi connectivity index (χ2v) is 6.05. The molecule has 0 unspecified atom stereocenters. The minimum Gasteiger partial charge on any atom is -0.329 e. The number of nitrogens with one attached hydrogen (secondary N) is 1. The van der Waals surface area contributed by atoms with E-state index in [0.29, 0.717) is 5.56 Å². The first kappa shape index (κ1) is 16.9. The Hall–Kier alpha value is -2.90. The summed E-state index contributed by atoms with van der Waals surface area (Å²) in [6.45, 7) is 2.50. The van der Waals surface area contributed by atoms with Gasteiger partial charge in [-0.25, -0.2) is 4.98 Å². The van der Waals surface area contributed by atoms with Crippen molar-refractivity contribution in [3.8, 4) is 6.07 Å². The standard InChI is InChI=1S/C21H22N4/c22-15-19-8-10-20(11-9-19)17-25-14-13-24-21(25)16-23-12-4-7-18-5-2-1-3-6-18/h1-3,5-6,8-11,13-14,23H,4,7,12,16-17H2. The fraction of sp³-hybridized carbons (Fsp3) is 0.238. The molecule has 0 aliphatic heterocycles. The zero-order valence-electron chi connectivity index (χ0n) is 14.2. The molecule has 3 rings (SSSR count). The molecule has 25 heavy (non-hydrogen) atoms. The molecule has 126 valence electrons. The van der Waals surface area contributed by atoms with Gasteiger partial charge in [-0.05, 0) is 42.6 Å². The predicted octanol–water partition coefficient (Wildman–Crippen LogP) is 3.53. The van der Waals surface area contributed by atoms with E-state index in [1.807, 2.05) is 36.7 Å². The van der Waals surface area contributed by atoms with Crippen LogP contribution in [0.15, 0.2) is 67.0 Å². The number of hydrogen-bond donors (Lipinski definition) is 1. The third kappa shape index (κ3) is 5.03. The zero-order valence-corrected chi connectivity index (χ0v) is 14.2. The Balaban J connectivity index is 1.46. The molecule has 0 spiro atoms. The number of nitrogens with zero attached hydrogens (tertiary/aromatic N) is 3. The molecule has 0 saturated heterocycles. The Morgan fingerprint density at radius 2 is 1.80 bits per heavy atom. The highest BCUT2D eigenvalue weighted by molar-refractivity contribution is 5.31. The van der Waals surface area contributed by atoms with Crippen molar-refractivity contribution >= 4 is 0 Å². The Morgan fingerprint density at radius 1 is 1.00 bits per heavy atom. The molecule has 0 aliphatic carbocycles. The molecule has 0 amide bonds. The van der Waals surface area contributed by atoms with Gasteiger partial charge in [0.2, 0.25) is 0 Å². The number of hydrogen-bond acceptors (Lipinski definition) is 3. The van der Waals surface area contributed by atoms with E-state index in [4.69, 9.17) is 5.26 Å². The van der Waals surface area contributed by atoms with Crippen molar-refractivity contribution in [1.29, 1.82) is 5.26 Å². The summed E-state index contributed by atoms with van der Waals surface area (Å²) in [5, 5.41) is 12.3. The highest BCUT2D eigenvalue weighted by Crippen LogP contribution is 2.08. The molecular weight excluding hydrogens is 308 g/mol. The van der Waals surface area contributed by atoms with Crippen LogP contribution in [-0.4, -0.2) is 16.1 Å². The van der Waals surface area contributed by atoms with Crippen molar-refractivity contribution in [2.24, 2.45) is 0 Å². The van der Waals surface area contributed by atoms with Gasteiger partial charge in [-0.15, -0.1) is 0 Å². The van der Waals surface area contributed by atoms with Crippen LogP contribution in [0.2, 0.25) is 0 Å². The fourth-order valence-corrected chi connectivity index (χ4v) is 2.79. The van der Waals surface area contributed by atoms with Gasteiger partial charge in [0.15, 0.2) is 0 Å². The van der Waals surface area contributed by atoms with Crippen LogP contribution in [0, 0.1) is 11.3 Å². The molecule has 0 radical (unpaired) electrons. The molecule has 4 nitrogen and oxygen atoms in total. The average Bonchev–Trinajstić information content (AvgIpc) is 3.10. The van der Waals surface area contributed by atoms with E-state index in [0.717, 1.165) is 38.3 Å². The Bertz CT molecular complexity index is 813. The van der Waals surface area contributed by atoms with Gasteiger partial charge in [-0.3, -0.25) is 0 Å². The molecule has 4 heteroatoms. The van der Waals surface area contributed by atoms with Crippen LogP contribution in [0.1, 0.15) is 28.9 Å². The summed E-state index contributed by atoms with van der Waals surface area (Å²) in [6, 6.07) is 20.4. The van der Waals surface area contributed by atoms with Gasteiger partial charge in [-0.2, -0.15) is 5.26 Å². The van der Waals surface area contributed by atoms with E-state index in [9.17, 15) is 0 Å². The summed E-state index contributed by atoms with van der Waals surface area (Å²) in [6.07, 6.45) is 6.04. The molecule has 0 atom stereocenters. The largest absolute Gasteiger partial charge is 0.329 e. The summed E-state index contributed by atoms with van der Waals surface area (Å²) in [5.74, 6) is 1.03. The molecule has 0 saturated carbocycles. The molecule has 0 bridgehead atoms. The van der Waals surface area contributed by atoms with Crippen LogP contribution >= 0.6 is 0 Å². The number of aryl methyl sites for hydroxylation is 1. The average molecular weight is 330 g/mol. The SMILES string of the molecule is N#Cc1ccc(Cn2ccnc2CNCCCc2ccccc2)cc1. The van der Waals surface area contributed by atoms with E-state index in [2.05, 4.69) is 51.3 Å². The highest BCUT2D eigenvalue weighted by Gasteiger charge is 2.03. The minimum atomic E-state index is 0.690. The van der Waals surface area contributed by atoms with Crippen LogP contribution in [0.3, 0.4) is 0 Å². The maximum absolute atomic E-state index is 8.87. The van der Waals surface area contributed by atoms with Gasteiger partial charge in [0.25, 0.3) is 0 Å². The Labute approximate surface area is 148 Å². The van der Waals surface area contributed by atoms with Gasteiger partial charge in [0.05, 0.1) is 18.2 Å². The summed E-state index contributed by atoms with van der Waals surface area (Å²) < 4.78 is 2.14. The number of aromatic nitrogens is 2. The van der Waals surface area contributed by atoms with Gasteiger partial charge in [0.1, 0.15) is 5.82 Å². The van der Waals surface area contributed by atoms with E-state index in [1.165, 1.54) is 11.1 Å². The molecule has 1 heterocycles. The van der Waals surface area contributed by atoms with Gasteiger partial charge in [0, 0.05) is 18.9 Å². The van der Waals surface area contributed by atoms with Crippen molar-refractivity contribution in [3.05, 3.63) is 89.5 Å². The van der Waals surface area contributed by atoms with Crippen LogP contribution in [0.25, 0.3) is 0 Å². The maximum atomic E-state index is 8.87. The van der Waals surface area contributed by atoms with Crippen LogP contribution < -0.4 is 5.32 Å². The smallest absolute Gasteiger partial charge is 0.122 e. The lowest BCUT2D eigenvalue weighted by Gasteiger charge is -2.09. The Kier molecular flexibility index (Phi) is 5.97. The quantitative estimate of drug-likeness (QED) is 0.643. The van der Waals surface area contributed by atoms with Crippen LogP contribution in [0.5, 0.6) is 0 Å². The number of benzene rings is 2. The van der Waals surface area contributed by atoms with E-state index >= 15 is 0 Å². The second kappa shape index (κ2) is 8.81. The number of nitriles is 1. The summed E-state index contributed by atoms with van der Waals surface area (Å²) in [4.78, 5) is 4.45. The third-order valence-electron chi connectivity index (χ3n) is 4.18. The van der Waals surface area contributed by atoms with E-state index in [1.54, 1.807) is 0 Å². The monoisotopic (exact) mass is 330 g/mol. The molecule has 1 N–H and O–H groups in total. The summed E-state index contributed by atoms with van der Waals surface area (Å²) in [7, 11) is 0. The topological polar surface area (TPSA) is 53.6 Å². The molecule has 3 aromatic rings.